The van der Waals surface area contributed by atoms with Gasteiger partial charge in [0.2, 0.25) is 15.9 Å². The molecule has 1 aromatic carbocycles. The second kappa shape index (κ2) is 8.49. The molecule has 0 aromatic heterocycles. The largest absolute Gasteiger partial charge is 0.326 e. The van der Waals surface area contributed by atoms with Crippen LogP contribution < -0.4 is 10.6 Å². The average molecular weight is 388 g/mol. The minimum Gasteiger partial charge on any atom is -0.326 e. The number of halogens is 1. The monoisotopic (exact) mass is 387 g/mol. The number of benzene rings is 1. The summed E-state index contributed by atoms with van der Waals surface area (Å²) in [7, 11) is -3.45. The third-order valence-corrected chi connectivity index (χ3v) is 6.89. The Labute approximate surface area is 155 Å². The molecule has 1 amide bonds. The number of rotatable bonds is 4. The number of carbonyl (C=O) groups is 1. The molecule has 2 fully saturated rings. The Morgan fingerprint density at radius 2 is 1.80 bits per heavy atom. The minimum absolute atomic E-state index is 0. The van der Waals surface area contributed by atoms with Gasteiger partial charge in [-0.3, -0.25) is 4.79 Å². The van der Waals surface area contributed by atoms with E-state index in [1.807, 2.05) is 0 Å². The molecule has 0 saturated carbocycles. The fourth-order valence-corrected chi connectivity index (χ4v) is 5.16. The van der Waals surface area contributed by atoms with E-state index in [1.165, 1.54) is 19.8 Å². The number of nitrogens with one attached hydrogen (secondary N) is 2. The SMILES string of the molecule is CC(=O)Nc1ccc(S(=O)(=O)N2CCC(C3CCCN3)CC2)cc1.Cl. The molecule has 0 spiro atoms. The molecule has 2 N–H and O–H groups in total. The Balaban J connectivity index is 0.00000225. The van der Waals surface area contributed by atoms with Crippen molar-refractivity contribution in [2.24, 2.45) is 5.92 Å². The highest BCUT2D eigenvalue weighted by Crippen LogP contribution is 2.29. The topological polar surface area (TPSA) is 78.5 Å². The highest BCUT2D eigenvalue weighted by Gasteiger charge is 2.33. The van der Waals surface area contributed by atoms with E-state index in [2.05, 4.69) is 10.6 Å². The Morgan fingerprint density at radius 3 is 2.32 bits per heavy atom. The summed E-state index contributed by atoms with van der Waals surface area (Å²) in [6.45, 7) is 3.68. The van der Waals surface area contributed by atoms with Crippen LogP contribution in [0.2, 0.25) is 0 Å². The molecule has 140 valence electrons. The normalized spacial score (nSPS) is 22.4. The summed E-state index contributed by atoms with van der Waals surface area (Å²) in [5, 5.41) is 6.18. The third kappa shape index (κ3) is 4.73. The molecule has 2 aliphatic rings. The molecule has 2 saturated heterocycles. The lowest BCUT2D eigenvalue weighted by atomic mass is 9.89. The molecule has 2 aliphatic heterocycles. The van der Waals surface area contributed by atoms with E-state index < -0.39 is 10.0 Å². The predicted octanol–water partition coefficient (Wildman–Crippen LogP) is 2.22. The summed E-state index contributed by atoms with van der Waals surface area (Å²) in [5.74, 6) is 0.411. The molecule has 8 heteroatoms. The summed E-state index contributed by atoms with van der Waals surface area (Å²) in [4.78, 5) is 11.3. The van der Waals surface area contributed by atoms with Crippen molar-refractivity contribution in [2.45, 2.75) is 43.5 Å². The van der Waals surface area contributed by atoms with E-state index in [1.54, 1.807) is 28.6 Å². The van der Waals surface area contributed by atoms with Crippen LogP contribution in [0.15, 0.2) is 29.2 Å². The van der Waals surface area contributed by atoms with E-state index in [-0.39, 0.29) is 23.2 Å². The minimum atomic E-state index is -3.45. The molecule has 0 radical (unpaired) electrons. The standard InChI is InChI=1S/C17H25N3O3S.ClH/c1-13(21)19-15-4-6-16(7-5-15)24(22,23)20-11-8-14(9-12-20)17-3-2-10-18-17;/h4-7,14,17-18H,2-3,8-12H2,1H3,(H,19,21);1H. The molecule has 3 rings (SSSR count). The van der Waals surface area contributed by atoms with Crippen molar-refractivity contribution in [1.29, 1.82) is 0 Å². The summed E-state index contributed by atoms with van der Waals surface area (Å²) < 4.78 is 27.1. The molecule has 2 heterocycles. The Bertz CT molecular complexity index is 680. The van der Waals surface area contributed by atoms with E-state index in [0.717, 1.165) is 19.4 Å². The van der Waals surface area contributed by atoms with Crippen molar-refractivity contribution >= 4 is 34.0 Å². The number of hydrogen-bond acceptors (Lipinski definition) is 4. The van der Waals surface area contributed by atoms with Crippen LogP contribution in [0.3, 0.4) is 0 Å². The highest BCUT2D eigenvalue weighted by atomic mass is 35.5. The number of carbonyl (C=O) groups excluding carboxylic acids is 1. The van der Waals surface area contributed by atoms with Crippen LogP contribution in [0.1, 0.15) is 32.6 Å². The smallest absolute Gasteiger partial charge is 0.243 e. The van der Waals surface area contributed by atoms with Crippen LogP contribution in [0.25, 0.3) is 0 Å². The molecular weight excluding hydrogens is 362 g/mol. The van der Waals surface area contributed by atoms with Crippen LogP contribution in [0.4, 0.5) is 5.69 Å². The van der Waals surface area contributed by atoms with Gasteiger partial charge in [0.1, 0.15) is 0 Å². The summed E-state index contributed by atoms with van der Waals surface area (Å²) in [5.41, 5.74) is 0.604. The van der Waals surface area contributed by atoms with Crippen LogP contribution in [-0.4, -0.2) is 44.3 Å². The van der Waals surface area contributed by atoms with Gasteiger partial charge in [-0.2, -0.15) is 4.31 Å². The molecule has 0 aliphatic carbocycles. The van der Waals surface area contributed by atoms with Crippen molar-refractivity contribution < 1.29 is 13.2 Å². The molecule has 0 bridgehead atoms. The van der Waals surface area contributed by atoms with Gasteiger partial charge in [-0.25, -0.2) is 8.42 Å². The first kappa shape index (κ1) is 20.2. The fraction of sp³-hybridized carbons (Fsp3) is 0.588. The molecular formula is C17H26ClN3O3S. The van der Waals surface area contributed by atoms with E-state index in [9.17, 15) is 13.2 Å². The number of anilines is 1. The molecule has 6 nitrogen and oxygen atoms in total. The molecule has 1 aromatic rings. The van der Waals surface area contributed by atoms with Gasteiger partial charge in [-0.05, 0) is 62.4 Å². The number of piperidine rings is 1. The van der Waals surface area contributed by atoms with Gasteiger partial charge in [0, 0.05) is 31.7 Å². The summed E-state index contributed by atoms with van der Waals surface area (Å²) >= 11 is 0. The van der Waals surface area contributed by atoms with Crippen molar-refractivity contribution in [1.82, 2.24) is 9.62 Å². The van der Waals surface area contributed by atoms with Crippen LogP contribution in [0.5, 0.6) is 0 Å². The summed E-state index contributed by atoms with van der Waals surface area (Å²) in [6.07, 6.45) is 4.27. The number of amides is 1. The lowest BCUT2D eigenvalue weighted by molar-refractivity contribution is -0.114. The second-order valence-electron chi connectivity index (χ2n) is 6.65. The van der Waals surface area contributed by atoms with Gasteiger partial charge in [-0.15, -0.1) is 12.4 Å². The van der Waals surface area contributed by atoms with Gasteiger partial charge in [0.25, 0.3) is 0 Å². The van der Waals surface area contributed by atoms with Crippen LogP contribution in [-0.2, 0) is 14.8 Å². The van der Waals surface area contributed by atoms with Gasteiger partial charge >= 0.3 is 0 Å². The van der Waals surface area contributed by atoms with Gasteiger partial charge in [0.05, 0.1) is 4.90 Å². The molecule has 1 atom stereocenters. The Morgan fingerprint density at radius 1 is 1.16 bits per heavy atom. The first-order chi connectivity index (χ1) is 11.5. The van der Waals surface area contributed by atoms with Crippen LogP contribution in [0, 0.1) is 5.92 Å². The maximum atomic E-state index is 12.8. The molecule has 1 unspecified atom stereocenters. The zero-order valence-electron chi connectivity index (χ0n) is 14.4. The number of nitrogens with zero attached hydrogens (tertiary/aromatic N) is 1. The van der Waals surface area contributed by atoms with Gasteiger partial charge < -0.3 is 10.6 Å². The third-order valence-electron chi connectivity index (χ3n) is 4.98. The lowest BCUT2D eigenvalue weighted by Crippen LogP contribution is -2.43. The van der Waals surface area contributed by atoms with E-state index in [4.69, 9.17) is 0 Å². The first-order valence-electron chi connectivity index (χ1n) is 8.58. The summed E-state index contributed by atoms with van der Waals surface area (Å²) in [6, 6.07) is 6.94. The Hall–Kier alpha value is -1.15. The maximum Gasteiger partial charge on any atom is 0.243 e. The number of hydrogen-bond donors (Lipinski definition) is 2. The van der Waals surface area contributed by atoms with Crippen molar-refractivity contribution in [3.05, 3.63) is 24.3 Å². The van der Waals surface area contributed by atoms with Crippen molar-refractivity contribution in [2.75, 3.05) is 25.0 Å². The van der Waals surface area contributed by atoms with Crippen molar-refractivity contribution in [3.8, 4) is 0 Å². The zero-order chi connectivity index (χ0) is 17.2. The maximum absolute atomic E-state index is 12.8. The van der Waals surface area contributed by atoms with Gasteiger partial charge in [-0.1, -0.05) is 0 Å². The second-order valence-corrected chi connectivity index (χ2v) is 8.59. The highest BCUT2D eigenvalue weighted by molar-refractivity contribution is 7.89. The Kier molecular flexibility index (Phi) is 6.85. The van der Waals surface area contributed by atoms with Gasteiger partial charge in [0.15, 0.2) is 0 Å². The average Bonchev–Trinajstić information content (AvgIpc) is 3.09. The lowest BCUT2D eigenvalue weighted by Gasteiger charge is -2.34. The fourth-order valence-electron chi connectivity index (χ4n) is 3.69. The van der Waals surface area contributed by atoms with E-state index in [0.29, 0.717) is 30.7 Å². The molecule has 25 heavy (non-hydrogen) atoms. The number of sulfonamides is 1. The predicted molar refractivity (Wildman–Crippen MR) is 101 cm³/mol. The van der Waals surface area contributed by atoms with Crippen molar-refractivity contribution in [3.63, 3.8) is 0 Å². The quantitative estimate of drug-likeness (QED) is 0.830. The van der Waals surface area contributed by atoms with E-state index >= 15 is 0 Å². The zero-order valence-corrected chi connectivity index (χ0v) is 16.0. The van der Waals surface area contributed by atoms with Crippen LogP contribution >= 0.6 is 12.4 Å². The first-order valence-corrected chi connectivity index (χ1v) is 10.0.